The van der Waals surface area contributed by atoms with E-state index in [-0.39, 0.29) is 25.0 Å². The van der Waals surface area contributed by atoms with Crippen molar-refractivity contribution in [2.45, 2.75) is 26.3 Å². The standard InChI is InChI=1S/C9H21N3O3S/c1-4-8(2)12-9(13)7-10-5-6-11-16(3,14)15/h8,10-11H,4-7H2,1-3H3,(H,12,13). The number of carbonyl (C=O) groups excluding carboxylic acids is 1. The minimum atomic E-state index is -3.14. The Morgan fingerprint density at radius 1 is 1.31 bits per heavy atom. The molecule has 0 saturated heterocycles. The number of carbonyl (C=O) groups is 1. The molecule has 0 aromatic rings. The maximum absolute atomic E-state index is 11.3. The van der Waals surface area contributed by atoms with Gasteiger partial charge in [0.15, 0.2) is 0 Å². The van der Waals surface area contributed by atoms with Gasteiger partial charge in [-0.2, -0.15) is 0 Å². The zero-order valence-corrected chi connectivity index (χ0v) is 10.9. The van der Waals surface area contributed by atoms with Crippen molar-refractivity contribution in [3.8, 4) is 0 Å². The largest absolute Gasteiger partial charge is 0.353 e. The molecule has 1 atom stereocenters. The Bertz CT molecular complexity index is 303. The number of nitrogens with one attached hydrogen (secondary N) is 3. The van der Waals surface area contributed by atoms with Crippen molar-refractivity contribution in [2.24, 2.45) is 0 Å². The molecule has 0 fully saturated rings. The van der Waals surface area contributed by atoms with Gasteiger partial charge < -0.3 is 10.6 Å². The van der Waals surface area contributed by atoms with Crippen LogP contribution in [0.4, 0.5) is 0 Å². The molecule has 0 aromatic heterocycles. The van der Waals surface area contributed by atoms with Crippen LogP contribution < -0.4 is 15.4 Å². The van der Waals surface area contributed by atoms with Crippen molar-refractivity contribution < 1.29 is 13.2 Å². The molecule has 0 rings (SSSR count). The summed E-state index contributed by atoms with van der Waals surface area (Å²) < 4.78 is 23.7. The van der Waals surface area contributed by atoms with E-state index < -0.39 is 10.0 Å². The van der Waals surface area contributed by atoms with Gasteiger partial charge in [-0.1, -0.05) is 6.92 Å². The molecule has 1 amide bonds. The molecule has 0 aliphatic heterocycles. The van der Waals surface area contributed by atoms with Gasteiger partial charge in [0, 0.05) is 19.1 Å². The van der Waals surface area contributed by atoms with Crippen LogP contribution in [0.25, 0.3) is 0 Å². The van der Waals surface area contributed by atoms with Crippen LogP contribution in [0.1, 0.15) is 20.3 Å². The monoisotopic (exact) mass is 251 g/mol. The molecule has 0 saturated carbocycles. The fourth-order valence-electron chi connectivity index (χ4n) is 0.955. The highest BCUT2D eigenvalue weighted by molar-refractivity contribution is 7.88. The van der Waals surface area contributed by atoms with Gasteiger partial charge in [-0.3, -0.25) is 4.79 Å². The molecule has 0 aromatic carbocycles. The lowest BCUT2D eigenvalue weighted by molar-refractivity contribution is -0.120. The molecule has 16 heavy (non-hydrogen) atoms. The lowest BCUT2D eigenvalue weighted by atomic mass is 10.2. The van der Waals surface area contributed by atoms with Crippen molar-refractivity contribution in [1.82, 2.24) is 15.4 Å². The SMILES string of the molecule is CCC(C)NC(=O)CNCCNS(C)(=O)=O. The molecule has 0 radical (unpaired) electrons. The van der Waals surface area contributed by atoms with Crippen LogP contribution in [-0.2, 0) is 14.8 Å². The minimum Gasteiger partial charge on any atom is -0.353 e. The van der Waals surface area contributed by atoms with Crippen LogP contribution in [0.5, 0.6) is 0 Å². The summed E-state index contributed by atoms with van der Waals surface area (Å²) in [5.41, 5.74) is 0. The molecule has 0 aliphatic carbocycles. The molecule has 6 nitrogen and oxygen atoms in total. The third-order valence-electron chi connectivity index (χ3n) is 1.97. The first kappa shape index (κ1) is 15.3. The average Bonchev–Trinajstić information content (AvgIpc) is 2.15. The number of rotatable bonds is 8. The third-order valence-corrected chi connectivity index (χ3v) is 2.70. The minimum absolute atomic E-state index is 0.0753. The van der Waals surface area contributed by atoms with E-state index in [1.54, 1.807) is 0 Å². The third kappa shape index (κ3) is 9.88. The topological polar surface area (TPSA) is 87.3 Å². The first-order chi connectivity index (χ1) is 7.35. The van der Waals surface area contributed by atoms with Crippen LogP contribution in [0, 0.1) is 0 Å². The molecule has 0 bridgehead atoms. The van der Waals surface area contributed by atoms with Gasteiger partial charge in [0.2, 0.25) is 15.9 Å². The molecule has 7 heteroatoms. The molecule has 0 heterocycles. The number of hydrogen-bond donors (Lipinski definition) is 3. The van der Waals surface area contributed by atoms with Crippen molar-refractivity contribution in [1.29, 1.82) is 0 Å². The van der Waals surface area contributed by atoms with Gasteiger partial charge in [0.1, 0.15) is 0 Å². The summed E-state index contributed by atoms with van der Waals surface area (Å²) in [5.74, 6) is -0.0753. The predicted octanol–water partition coefficient (Wildman–Crippen LogP) is -0.960. The summed E-state index contributed by atoms with van der Waals surface area (Å²) >= 11 is 0. The van der Waals surface area contributed by atoms with E-state index in [2.05, 4.69) is 15.4 Å². The average molecular weight is 251 g/mol. The fourth-order valence-corrected chi connectivity index (χ4v) is 1.43. The smallest absolute Gasteiger partial charge is 0.234 e. The molecule has 1 unspecified atom stereocenters. The Labute approximate surface area is 97.2 Å². The molecule has 3 N–H and O–H groups in total. The Kier molecular flexibility index (Phi) is 7.27. The van der Waals surface area contributed by atoms with E-state index in [9.17, 15) is 13.2 Å². The number of amides is 1. The van der Waals surface area contributed by atoms with E-state index in [1.165, 1.54) is 0 Å². The first-order valence-electron chi connectivity index (χ1n) is 5.30. The summed E-state index contributed by atoms with van der Waals surface area (Å²) in [7, 11) is -3.14. The summed E-state index contributed by atoms with van der Waals surface area (Å²) in [5, 5.41) is 5.64. The summed E-state index contributed by atoms with van der Waals surface area (Å²) in [4.78, 5) is 11.3. The zero-order chi connectivity index (χ0) is 12.6. The molecule has 0 aliphatic rings. The number of sulfonamides is 1. The van der Waals surface area contributed by atoms with Gasteiger partial charge in [-0.05, 0) is 13.3 Å². The molecular weight excluding hydrogens is 230 g/mol. The second-order valence-corrected chi connectivity index (χ2v) is 5.55. The molecular formula is C9H21N3O3S. The van der Waals surface area contributed by atoms with Crippen LogP contribution in [0.3, 0.4) is 0 Å². The second-order valence-electron chi connectivity index (χ2n) is 3.72. The van der Waals surface area contributed by atoms with E-state index in [0.717, 1.165) is 12.7 Å². The van der Waals surface area contributed by atoms with Crippen molar-refractivity contribution >= 4 is 15.9 Å². The highest BCUT2D eigenvalue weighted by Crippen LogP contribution is 1.86. The van der Waals surface area contributed by atoms with E-state index >= 15 is 0 Å². The Morgan fingerprint density at radius 2 is 1.94 bits per heavy atom. The van der Waals surface area contributed by atoms with Crippen LogP contribution in [-0.4, -0.2) is 46.3 Å². The lowest BCUT2D eigenvalue weighted by Gasteiger charge is -2.11. The highest BCUT2D eigenvalue weighted by Gasteiger charge is 2.04. The first-order valence-corrected chi connectivity index (χ1v) is 7.19. The van der Waals surface area contributed by atoms with Crippen molar-refractivity contribution in [3.63, 3.8) is 0 Å². The maximum atomic E-state index is 11.3. The summed E-state index contributed by atoms with van der Waals surface area (Å²) in [6, 6.07) is 0.170. The predicted molar refractivity (Wildman–Crippen MR) is 63.6 cm³/mol. The lowest BCUT2D eigenvalue weighted by Crippen LogP contribution is -2.40. The van der Waals surface area contributed by atoms with Crippen LogP contribution >= 0.6 is 0 Å². The Balaban J connectivity index is 3.49. The number of hydrogen-bond acceptors (Lipinski definition) is 4. The fraction of sp³-hybridized carbons (Fsp3) is 0.889. The van der Waals surface area contributed by atoms with Gasteiger partial charge in [0.05, 0.1) is 12.8 Å². The Hall–Kier alpha value is -0.660. The zero-order valence-electron chi connectivity index (χ0n) is 10.0. The van der Waals surface area contributed by atoms with E-state index in [1.807, 2.05) is 13.8 Å². The van der Waals surface area contributed by atoms with Gasteiger partial charge in [-0.15, -0.1) is 0 Å². The van der Waals surface area contributed by atoms with Crippen LogP contribution in [0.15, 0.2) is 0 Å². The van der Waals surface area contributed by atoms with Gasteiger partial charge in [0.25, 0.3) is 0 Å². The maximum Gasteiger partial charge on any atom is 0.234 e. The van der Waals surface area contributed by atoms with E-state index in [4.69, 9.17) is 0 Å². The highest BCUT2D eigenvalue weighted by atomic mass is 32.2. The van der Waals surface area contributed by atoms with Gasteiger partial charge >= 0.3 is 0 Å². The van der Waals surface area contributed by atoms with Crippen molar-refractivity contribution in [2.75, 3.05) is 25.9 Å². The summed E-state index contributed by atoms with van der Waals surface area (Å²) in [6.45, 7) is 4.85. The van der Waals surface area contributed by atoms with E-state index in [0.29, 0.717) is 6.54 Å². The molecule has 0 spiro atoms. The summed E-state index contributed by atoms with van der Waals surface area (Å²) in [6.07, 6.45) is 1.99. The quantitative estimate of drug-likeness (QED) is 0.485. The Morgan fingerprint density at radius 3 is 2.44 bits per heavy atom. The second kappa shape index (κ2) is 7.59. The normalized spacial score (nSPS) is 13.4. The van der Waals surface area contributed by atoms with Gasteiger partial charge in [-0.25, -0.2) is 13.1 Å². The van der Waals surface area contributed by atoms with Crippen LogP contribution in [0.2, 0.25) is 0 Å². The molecule has 96 valence electrons. The van der Waals surface area contributed by atoms with Crippen molar-refractivity contribution in [3.05, 3.63) is 0 Å².